The molecule has 0 atom stereocenters. The number of hydrogen-bond donors (Lipinski definition) is 0. The monoisotopic (exact) mass is 420 g/mol. The molecule has 9 heteroatoms. The summed E-state index contributed by atoms with van der Waals surface area (Å²) < 4.78 is 7.30. The van der Waals surface area contributed by atoms with Gasteiger partial charge in [0.05, 0.1) is 0 Å². The minimum Gasteiger partial charge on any atom is -0.339 e. The zero-order valence-electron chi connectivity index (χ0n) is 16.9. The number of pyridine rings is 2. The quantitative estimate of drug-likeness (QED) is 0.337. The Morgan fingerprint density at radius 1 is 1.23 bits per heavy atom. The van der Waals surface area contributed by atoms with Crippen LogP contribution >= 0.6 is 11.8 Å². The number of hydrogen-bond acceptors (Lipinski definition) is 8. The maximum absolute atomic E-state index is 11.7. The number of fused-ring (bicyclic) bond motifs is 1. The molecular weight excluding hydrogens is 400 g/mol. The molecule has 4 aromatic rings. The van der Waals surface area contributed by atoms with Gasteiger partial charge in [-0.1, -0.05) is 12.1 Å². The van der Waals surface area contributed by atoms with Crippen LogP contribution in [0.1, 0.15) is 48.9 Å². The molecule has 1 saturated carbocycles. The highest BCUT2D eigenvalue weighted by Gasteiger charge is 2.30. The molecule has 0 N–H and O–H groups in total. The van der Waals surface area contributed by atoms with E-state index in [0.717, 1.165) is 34.7 Å². The van der Waals surface area contributed by atoms with E-state index >= 15 is 0 Å². The van der Waals surface area contributed by atoms with Crippen molar-refractivity contribution in [1.82, 2.24) is 29.7 Å². The number of rotatable bonds is 6. The molecule has 4 heterocycles. The minimum atomic E-state index is -0.0352. The standard InChI is InChI=1S/C21H20N6O2S/c1-4-30-16-8-14(18-25-21(29-26-18)12-5-6-12)10-22-17(16)20-24-15-7-13(11(2)28)9-23-19(15)27(20)3/h7-10,12H,4-6H2,1-3H3. The molecule has 30 heavy (non-hydrogen) atoms. The molecule has 0 saturated heterocycles. The summed E-state index contributed by atoms with van der Waals surface area (Å²) >= 11 is 1.68. The van der Waals surface area contributed by atoms with Gasteiger partial charge < -0.3 is 9.09 Å². The van der Waals surface area contributed by atoms with E-state index in [0.29, 0.717) is 40.2 Å². The van der Waals surface area contributed by atoms with Gasteiger partial charge in [-0.3, -0.25) is 9.78 Å². The molecule has 0 aliphatic heterocycles. The molecule has 5 rings (SSSR count). The molecule has 8 nitrogen and oxygen atoms in total. The van der Waals surface area contributed by atoms with Gasteiger partial charge in [-0.15, -0.1) is 11.8 Å². The van der Waals surface area contributed by atoms with E-state index in [2.05, 4.69) is 22.0 Å². The number of ketones is 1. The summed E-state index contributed by atoms with van der Waals surface area (Å²) in [5.74, 6) is 3.23. The Kier molecular flexibility index (Phi) is 4.62. The van der Waals surface area contributed by atoms with Crippen LogP contribution in [0.15, 0.2) is 33.9 Å². The van der Waals surface area contributed by atoms with Crippen molar-refractivity contribution in [3.05, 3.63) is 36.0 Å². The Morgan fingerprint density at radius 3 is 2.80 bits per heavy atom. The van der Waals surface area contributed by atoms with Crippen LogP contribution < -0.4 is 0 Å². The summed E-state index contributed by atoms with van der Waals surface area (Å²) in [5.41, 5.74) is 3.51. The lowest BCUT2D eigenvalue weighted by Gasteiger charge is -2.08. The Balaban J connectivity index is 1.59. The zero-order valence-corrected chi connectivity index (χ0v) is 17.7. The second-order valence-corrected chi connectivity index (χ2v) is 8.66. The van der Waals surface area contributed by atoms with Gasteiger partial charge in [0, 0.05) is 41.4 Å². The maximum Gasteiger partial charge on any atom is 0.230 e. The predicted octanol–water partition coefficient (Wildman–Crippen LogP) is 4.27. The summed E-state index contributed by atoms with van der Waals surface area (Å²) in [5, 5.41) is 4.13. The van der Waals surface area contributed by atoms with E-state index in [9.17, 15) is 4.79 Å². The number of aryl methyl sites for hydroxylation is 1. The smallest absolute Gasteiger partial charge is 0.230 e. The van der Waals surface area contributed by atoms with Crippen molar-refractivity contribution in [1.29, 1.82) is 0 Å². The predicted molar refractivity (Wildman–Crippen MR) is 113 cm³/mol. The number of carbonyl (C=O) groups excluding carboxylic acids is 1. The molecular formula is C21H20N6O2S. The molecule has 0 radical (unpaired) electrons. The fourth-order valence-corrected chi connectivity index (χ4v) is 4.13. The van der Waals surface area contributed by atoms with Crippen molar-refractivity contribution in [2.45, 2.75) is 37.5 Å². The first-order valence-electron chi connectivity index (χ1n) is 9.85. The van der Waals surface area contributed by atoms with Crippen molar-refractivity contribution in [2.75, 3.05) is 5.75 Å². The Bertz CT molecular complexity index is 1270. The second-order valence-electron chi connectivity index (χ2n) is 7.35. The van der Waals surface area contributed by atoms with Crippen LogP contribution in [-0.2, 0) is 7.05 Å². The van der Waals surface area contributed by atoms with Gasteiger partial charge in [-0.2, -0.15) is 4.98 Å². The number of aromatic nitrogens is 6. The lowest BCUT2D eigenvalue weighted by molar-refractivity contribution is 0.101. The molecule has 1 aliphatic carbocycles. The Hall–Kier alpha value is -3.07. The summed E-state index contributed by atoms with van der Waals surface area (Å²) in [6.07, 6.45) is 5.57. The van der Waals surface area contributed by atoms with Crippen LogP contribution in [0, 0.1) is 0 Å². The average Bonchev–Trinajstić information content (AvgIpc) is 3.38. The highest BCUT2D eigenvalue weighted by molar-refractivity contribution is 7.99. The largest absolute Gasteiger partial charge is 0.339 e. The van der Waals surface area contributed by atoms with Crippen molar-refractivity contribution < 1.29 is 9.32 Å². The molecule has 0 aromatic carbocycles. The third kappa shape index (κ3) is 3.28. The van der Waals surface area contributed by atoms with E-state index in [-0.39, 0.29) is 5.78 Å². The molecule has 0 spiro atoms. The van der Waals surface area contributed by atoms with Gasteiger partial charge >= 0.3 is 0 Å². The van der Waals surface area contributed by atoms with Gasteiger partial charge in [-0.05, 0) is 37.7 Å². The number of carbonyl (C=O) groups is 1. The van der Waals surface area contributed by atoms with E-state index in [4.69, 9.17) is 14.5 Å². The Morgan fingerprint density at radius 2 is 2.07 bits per heavy atom. The lowest BCUT2D eigenvalue weighted by Crippen LogP contribution is -1.99. The van der Waals surface area contributed by atoms with Gasteiger partial charge in [-0.25, -0.2) is 9.97 Å². The van der Waals surface area contributed by atoms with Crippen molar-refractivity contribution in [2.24, 2.45) is 7.05 Å². The summed E-state index contributed by atoms with van der Waals surface area (Å²) in [6, 6.07) is 3.81. The van der Waals surface area contributed by atoms with Gasteiger partial charge in [0.2, 0.25) is 11.7 Å². The third-order valence-corrected chi connectivity index (χ3v) is 6.02. The summed E-state index contributed by atoms with van der Waals surface area (Å²) in [7, 11) is 1.90. The van der Waals surface area contributed by atoms with Gasteiger partial charge in [0.1, 0.15) is 11.2 Å². The number of imidazole rings is 1. The summed E-state index contributed by atoms with van der Waals surface area (Å²) in [4.78, 5) is 31.1. The van der Waals surface area contributed by atoms with Crippen LogP contribution in [0.5, 0.6) is 0 Å². The molecule has 0 bridgehead atoms. The van der Waals surface area contributed by atoms with Gasteiger partial charge in [0.15, 0.2) is 17.3 Å². The van der Waals surface area contributed by atoms with Crippen LogP contribution in [0.2, 0.25) is 0 Å². The molecule has 0 unspecified atom stereocenters. The molecule has 0 amide bonds. The number of nitrogens with zero attached hydrogens (tertiary/aromatic N) is 6. The van der Waals surface area contributed by atoms with E-state index in [1.165, 1.54) is 6.92 Å². The van der Waals surface area contributed by atoms with Crippen molar-refractivity contribution in [3.63, 3.8) is 0 Å². The van der Waals surface area contributed by atoms with Crippen molar-refractivity contribution in [3.8, 4) is 22.9 Å². The normalized spacial score (nSPS) is 13.8. The first kappa shape index (κ1) is 18.9. The minimum absolute atomic E-state index is 0.0352. The van der Waals surface area contributed by atoms with Crippen LogP contribution in [0.3, 0.4) is 0 Å². The second kappa shape index (κ2) is 7.32. The topological polar surface area (TPSA) is 99.6 Å². The van der Waals surface area contributed by atoms with E-state index in [1.807, 2.05) is 17.7 Å². The van der Waals surface area contributed by atoms with Crippen molar-refractivity contribution >= 4 is 28.7 Å². The summed E-state index contributed by atoms with van der Waals surface area (Å²) in [6.45, 7) is 3.62. The maximum atomic E-state index is 11.7. The highest BCUT2D eigenvalue weighted by Crippen LogP contribution is 2.40. The van der Waals surface area contributed by atoms with Gasteiger partial charge in [0.25, 0.3) is 0 Å². The lowest BCUT2D eigenvalue weighted by atomic mass is 10.2. The number of thioether (sulfide) groups is 1. The van der Waals surface area contributed by atoms with Crippen LogP contribution in [0.25, 0.3) is 34.1 Å². The third-order valence-electron chi connectivity index (χ3n) is 5.11. The highest BCUT2D eigenvalue weighted by atomic mass is 32.2. The molecule has 152 valence electrons. The first-order valence-corrected chi connectivity index (χ1v) is 10.8. The van der Waals surface area contributed by atoms with Crippen LogP contribution in [-0.4, -0.2) is 41.2 Å². The van der Waals surface area contributed by atoms with Crippen LogP contribution in [0.4, 0.5) is 0 Å². The first-order chi connectivity index (χ1) is 14.5. The fraction of sp³-hybridized carbons (Fsp3) is 0.333. The fourth-order valence-electron chi connectivity index (χ4n) is 3.33. The molecule has 1 aliphatic rings. The zero-order chi connectivity index (χ0) is 20.8. The molecule has 1 fully saturated rings. The Labute approximate surface area is 177 Å². The van der Waals surface area contributed by atoms with E-state index in [1.54, 1.807) is 30.2 Å². The number of Topliss-reactive ketones (excluding diaryl/α,β-unsaturated/α-hetero) is 1. The molecule has 4 aromatic heterocycles. The average molecular weight is 420 g/mol. The van der Waals surface area contributed by atoms with E-state index < -0.39 is 0 Å². The SMILES string of the molecule is CCSc1cc(-c2noc(C3CC3)n2)cnc1-c1nc2cc(C(C)=O)cnc2n1C.